The van der Waals surface area contributed by atoms with Gasteiger partial charge in [-0.2, -0.15) is 0 Å². The lowest BCUT2D eigenvalue weighted by atomic mass is 10.1. The zero-order valence-electron chi connectivity index (χ0n) is 12.1. The van der Waals surface area contributed by atoms with Crippen LogP contribution in [0.15, 0.2) is 23.6 Å². The van der Waals surface area contributed by atoms with Gasteiger partial charge in [0.15, 0.2) is 11.5 Å². The van der Waals surface area contributed by atoms with Gasteiger partial charge in [-0.1, -0.05) is 6.07 Å². The van der Waals surface area contributed by atoms with Gasteiger partial charge in [-0.3, -0.25) is 0 Å². The number of nitrogens with zero attached hydrogens (tertiary/aromatic N) is 1. The molecule has 0 bridgehead atoms. The molecule has 0 aliphatic heterocycles. The van der Waals surface area contributed by atoms with Gasteiger partial charge >= 0.3 is 0 Å². The number of aryl methyl sites for hydroxylation is 1. The first-order valence-electron chi connectivity index (χ1n) is 6.54. The van der Waals surface area contributed by atoms with E-state index < -0.39 is 0 Å². The van der Waals surface area contributed by atoms with Crippen LogP contribution in [0.25, 0.3) is 0 Å². The van der Waals surface area contributed by atoms with E-state index in [1.165, 1.54) is 0 Å². The fourth-order valence-electron chi connectivity index (χ4n) is 1.94. The lowest BCUT2D eigenvalue weighted by Gasteiger charge is -2.12. The topological polar surface area (TPSA) is 57.4 Å². The first-order valence-corrected chi connectivity index (χ1v) is 7.42. The molecule has 20 heavy (non-hydrogen) atoms. The number of hydrogen-bond acceptors (Lipinski definition) is 5. The molecule has 0 amide bonds. The zero-order chi connectivity index (χ0) is 14.5. The Morgan fingerprint density at radius 2 is 2.15 bits per heavy atom. The number of benzene rings is 1. The van der Waals surface area contributed by atoms with Gasteiger partial charge in [-0.15, -0.1) is 11.3 Å². The van der Waals surface area contributed by atoms with Gasteiger partial charge in [0.05, 0.1) is 7.11 Å². The molecule has 108 valence electrons. The van der Waals surface area contributed by atoms with E-state index in [1.807, 2.05) is 37.4 Å². The summed E-state index contributed by atoms with van der Waals surface area (Å²) in [6.45, 7) is 4.42. The third-order valence-electron chi connectivity index (χ3n) is 2.80. The van der Waals surface area contributed by atoms with E-state index in [-0.39, 0.29) is 6.04 Å². The number of thiazole rings is 1. The van der Waals surface area contributed by atoms with Crippen molar-refractivity contribution in [2.45, 2.75) is 32.9 Å². The summed E-state index contributed by atoms with van der Waals surface area (Å²) in [5, 5.41) is 2.98. The molecule has 2 N–H and O–H groups in total. The van der Waals surface area contributed by atoms with Crippen LogP contribution < -0.4 is 15.2 Å². The highest BCUT2D eigenvalue weighted by atomic mass is 32.1. The van der Waals surface area contributed by atoms with E-state index in [9.17, 15) is 0 Å². The molecule has 0 spiro atoms. The van der Waals surface area contributed by atoms with E-state index >= 15 is 0 Å². The molecule has 0 aliphatic rings. The maximum absolute atomic E-state index is 5.83. The Bertz CT molecular complexity index is 567. The van der Waals surface area contributed by atoms with Gasteiger partial charge in [0.1, 0.15) is 11.6 Å². The van der Waals surface area contributed by atoms with Gasteiger partial charge in [0, 0.05) is 17.1 Å². The molecule has 1 unspecified atom stereocenters. The zero-order valence-corrected chi connectivity index (χ0v) is 12.9. The lowest BCUT2D eigenvalue weighted by Crippen LogP contribution is -2.17. The quantitative estimate of drug-likeness (QED) is 0.889. The van der Waals surface area contributed by atoms with E-state index in [0.717, 1.165) is 34.2 Å². The average molecular weight is 292 g/mol. The summed E-state index contributed by atoms with van der Waals surface area (Å²) in [4.78, 5) is 4.38. The van der Waals surface area contributed by atoms with Gasteiger partial charge < -0.3 is 15.2 Å². The second-order valence-electron chi connectivity index (χ2n) is 4.84. The minimum Gasteiger partial charge on any atom is -0.493 e. The first-order chi connectivity index (χ1) is 9.58. The maximum atomic E-state index is 5.83. The Morgan fingerprint density at radius 3 is 2.75 bits per heavy atom. The highest BCUT2D eigenvalue weighted by Crippen LogP contribution is 2.29. The van der Waals surface area contributed by atoms with Crippen LogP contribution in [0.1, 0.15) is 23.2 Å². The Labute approximate surface area is 123 Å². The fourth-order valence-corrected chi connectivity index (χ4v) is 2.62. The Morgan fingerprint density at radius 1 is 1.35 bits per heavy atom. The van der Waals surface area contributed by atoms with Crippen LogP contribution >= 0.6 is 11.3 Å². The molecule has 2 rings (SSSR count). The van der Waals surface area contributed by atoms with Gasteiger partial charge in [0.25, 0.3) is 0 Å². The van der Waals surface area contributed by atoms with Gasteiger partial charge in [0.2, 0.25) is 0 Å². The summed E-state index contributed by atoms with van der Waals surface area (Å²) in [5.74, 6) is 1.46. The summed E-state index contributed by atoms with van der Waals surface area (Å²) in [6.07, 6.45) is 0.816. The molecular formula is C15H20N2O2S. The van der Waals surface area contributed by atoms with Crippen LogP contribution in [0, 0.1) is 6.92 Å². The highest BCUT2D eigenvalue weighted by molar-refractivity contribution is 7.09. The van der Waals surface area contributed by atoms with E-state index in [0.29, 0.717) is 6.61 Å². The van der Waals surface area contributed by atoms with Crippen molar-refractivity contribution in [3.63, 3.8) is 0 Å². The lowest BCUT2D eigenvalue weighted by molar-refractivity contribution is 0.283. The van der Waals surface area contributed by atoms with Gasteiger partial charge in [-0.05, 0) is 38.0 Å². The predicted octanol–water partition coefficient (Wildman–Crippen LogP) is 2.93. The molecule has 5 heteroatoms. The molecule has 1 aromatic heterocycles. The average Bonchev–Trinajstić information content (AvgIpc) is 2.82. The number of ether oxygens (including phenoxy) is 2. The van der Waals surface area contributed by atoms with Crippen LogP contribution in [-0.2, 0) is 13.0 Å². The fraction of sp³-hybridized carbons (Fsp3) is 0.400. The molecule has 1 heterocycles. The van der Waals surface area contributed by atoms with Crippen molar-refractivity contribution >= 4 is 11.3 Å². The van der Waals surface area contributed by atoms with Crippen LogP contribution in [0.4, 0.5) is 0 Å². The summed E-state index contributed by atoms with van der Waals surface area (Å²) in [5.41, 5.74) is 8.00. The van der Waals surface area contributed by atoms with Crippen molar-refractivity contribution in [3.8, 4) is 11.5 Å². The van der Waals surface area contributed by atoms with Crippen molar-refractivity contribution in [1.82, 2.24) is 4.98 Å². The summed E-state index contributed by atoms with van der Waals surface area (Å²) >= 11 is 1.60. The number of nitrogens with two attached hydrogens (primary N) is 1. The number of hydrogen-bond donors (Lipinski definition) is 1. The SMILES string of the molecule is COc1ccc(CC(C)N)cc1OCc1nc(C)cs1. The molecule has 0 aliphatic carbocycles. The Balaban J connectivity index is 2.11. The Hall–Kier alpha value is -1.59. The smallest absolute Gasteiger partial charge is 0.162 e. The van der Waals surface area contributed by atoms with Crippen LogP contribution in [-0.4, -0.2) is 18.1 Å². The van der Waals surface area contributed by atoms with Crippen LogP contribution in [0.2, 0.25) is 0 Å². The molecule has 1 atom stereocenters. The monoisotopic (exact) mass is 292 g/mol. The minimum absolute atomic E-state index is 0.123. The maximum Gasteiger partial charge on any atom is 0.162 e. The van der Waals surface area contributed by atoms with Gasteiger partial charge in [-0.25, -0.2) is 4.98 Å². The van der Waals surface area contributed by atoms with Crippen molar-refractivity contribution < 1.29 is 9.47 Å². The molecule has 4 nitrogen and oxygen atoms in total. The van der Waals surface area contributed by atoms with Crippen molar-refractivity contribution in [3.05, 3.63) is 39.8 Å². The second kappa shape index (κ2) is 6.72. The summed E-state index contributed by atoms with van der Waals surface area (Å²) in [6, 6.07) is 6.05. The van der Waals surface area contributed by atoms with E-state index in [1.54, 1.807) is 18.4 Å². The van der Waals surface area contributed by atoms with E-state index in [4.69, 9.17) is 15.2 Å². The number of rotatable bonds is 6. The molecule has 0 saturated carbocycles. The summed E-state index contributed by atoms with van der Waals surface area (Å²) < 4.78 is 11.2. The van der Waals surface area contributed by atoms with Crippen molar-refractivity contribution in [2.24, 2.45) is 5.73 Å². The molecule has 2 aromatic rings. The highest BCUT2D eigenvalue weighted by Gasteiger charge is 2.08. The minimum atomic E-state index is 0.123. The third kappa shape index (κ3) is 3.95. The molecule has 1 aromatic carbocycles. The molecule has 0 radical (unpaired) electrons. The predicted molar refractivity (Wildman–Crippen MR) is 81.5 cm³/mol. The van der Waals surface area contributed by atoms with Crippen molar-refractivity contribution in [1.29, 1.82) is 0 Å². The standard InChI is InChI=1S/C15H20N2O2S/c1-10(16)6-12-4-5-13(18-3)14(7-12)19-8-15-17-11(2)9-20-15/h4-5,7,9-10H,6,8,16H2,1-3H3. The normalized spacial score (nSPS) is 12.2. The largest absolute Gasteiger partial charge is 0.493 e. The summed E-state index contributed by atoms with van der Waals surface area (Å²) in [7, 11) is 1.64. The third-order valence-corrected chi connectivity index (χ3v) is 3.74. The van der Waals surface area contributed by atoms with E-state index in [2.05, 4.69) is 4.98 Å². The Kier molecular flexibility index (Phi) is 4.98. The first kappa shape index (κ1) is 14.8. The van der Waals surface area contributed by atoms with Crippen LogP contribution in [0.5, 0.6) is 11.5 Å². The van der Waals surface area contributed by atoms with Crippen molar-refractivity contribution in [2.75, 3.05) is 7.11 Å². The molecular weight excluding hydrogens is 272 g/mol. The second-order valence-corrected chi connectivity index (χ2v) is 5.78. The van der Waals surface area contributed by atoms with Crippen LogP contribution in [0.3, 0.4) is 0 Å². The molecule has 0 fully saturated rings. The number of aromatic nitrogens is 1. The molecule has 0 saturated heterocycles. The number of methoxy groups -OCH3 is 1.